The minimum absolute atomic E-state index is 0.123. The van der Waals surface area contributed by atoms with Crippen LogP contribution in [0.15, 0.2) is 18.2 Å². The van der Waals surface area contributed by atoms with Crippen LogP contribution in [0, 0.1) is 12.3 Å². The first-order valence-corrected chi connectivity index (χ1v) is 6.57. The molecule has 114 valence electrons. The molecule has 1 unspecified atom stereocenters. The van der Waals surface area contributed by atoms with Crippen LogP contribution in [0.1, 0.15) is 31.1 Å². The average molecular weight is 291 g/mol. The van der Waals surface area contributed by atoms with Crippen LogP contribution in [0.5, 0.6) is 11.5 Å². The number of methoxy groups -OCH3 is 1. The van der Waals surface area contributed by atoms with Crippen molar-refractivity contribution in [3.8, 4) is 23.8 Å². The number of carbonyl (C=O) groups is 1. The number of aliphatic hydroxyl groups is 1. The lowest BCUT2D eigenvalue weighted by Crippen LogP contribution is -2.47. The minimum atomic E-state index is -1.00. The van der Waals surface area contributed by atoms with Crippen LogP contribution in [-0.4, -0.2) is 36.4 Å². The van der Waals surface area contributed by atoms with Gasteiger partial charge in [0.1, 0.15) is 6.61 Å². The van der Waals surface area contributed by atoms with E-state index in [0.717, 1.165) is 0 Å². The van der Waals surface area contributed by atoms with E-state index in [1.807, 2.05) is 0 Å². The van der Waals surface area contributed by atoms with Gasteiger partial charge in [0, 0.05) is 5.56 Å². The Morgan fingerprint density at radius 1 is 1.48 bits per heavy atom. The van der Waals surface area contributed by atoms with E-state index in [9.17, 15) is 9.90 Å². The molecular weight excluding hydrogens is 270 g/mol. The van der Waals surface area contributed by atoms with Crippen LogP contribution in [0.2, 0.25) is 0 Å². The second kappa shape index (κ2) is 7.00. The number of hydrogen-bond acceptors (Lipinski definition) is 4. The lowest BCUT2D eigenvalue weighted by atomic mass is 10.0. The molecule has 0 fully saturated rings. The highest BCUT2D eigenvalue weighted by atomic mass is 16.5. The maximum absolute atomic E-state index is 12.1. The number of nitrogens with one attached hydrogen (secondary N) is 1. The van der Waals surface area contributed by atoms with Crippen molar-refractivity contribution < 1.29 is 19.4 Å². The van der Waals surface area contributed by atoms with Crippen molar-refractivity contribution in [1.29, 1.82) is 0 Å². The molecule has 0 aliphatic heterocycles. The second-order valence-electron chi connectivity index (χ2n) is 5.21. The Morgan fingerprint density at radius 3 is 2.67 bits per heavy atom. The molecule has 21 heavy (non-hydrogen) atoms. The monoisotopic (exact) mass is 291 g/mol. The van der Waals surface area contributed by atoms with E-state index < -0.39 is 11.6 Å². The smallest absolute Gasteiger partial charge is 0.251 e. The molecule has 0 bridgehead atoms. The van der Waals surface area contributed by atoms with Gasteiger partial charge in [-0.3, -0.25) is 4.79 Å². The average Bonchev–Trinajstić information content (AvgIpc) is 2.43. The van der Waals surface area contributed by atoms with E-state index in [1.54, 1.807) is 39.0 Å². The highest BCUT2D eigenvalue weighted by Crippen LogP contribution is 2.28. The van der Waals surface area contributed by atoms with Gasteiger partial charge < -0.3 is 19.9 Å². The predicted octanol–water partition coefficient (Wildman–Crippen LogP) is 1.60. The fourth-order valence-corrected chi connectivity index (χ4v) is 1.50. The highest BCUT2D eigenvalue weighted by molar-refractivity contribution is 5.95. The van der Waals surface area contributed by atoms with Crippen molar-refractivity contribution in [3.05, 3.63) is 23.8 Å². The van der Waals surface area contributed by atoms with Crippen LogP contribution >= 0.6 is 0 Å². The summed E-state index contributed by atoms with van der Waals surface area (Å²) in [7, 11) is 1.49. The Labute approximate surface area is 125 Å². The number of rotatable bonds is 6. The molecule has 0 aromatic heterocycles. The standard InChI is InChI=1S/C16H21NO4/c1-6-9-21-13-8-7-12(10-14(13)20-5)15(18)17-11(2)16(3,4)19/h1,7-8,10-11,19H,9H2,2-5H3,(H,17,18). The van der Waals surface area contributed by atoms with Crippen molar-refractivity contribution in [2.75, 3.05) is 13.7 Å². The molecule has 0 saturated carbocycles. The Morgan fingerprint density at radius 2 is 2.14 bits per heavy atom. The van der Waals surface area contributed by atoms with Gasteiger partial charge in [0.05, 0.1) is 18.8 Å². The SMILES string of the molecule is C#CCOc1ccc(C(=O)NC(C)C(C)(C)O)cc1OC. The quantitative estimate of drug-likeness (QED) is 0.781. The molecule has 0 radical (unpaired) electrons. The maximum Gasteiger partial charge on any atom is 0.251 e. The Hall–Kier alpha value is -2.19. The van der Waals surface area contributed by atoms with Gasteiger partial charge in [-0.05, 0) is 39.0 Å². The van der Waals surface area contributed by atoms with Crippen molar-refractivity contribution >= 4 is 5.91 Å². The molecule has 1 aromatic rings. The first-order chi connectivity index (χ1) is 9.79. The van der Waals surface area contributed by atoms with Crippen molar-refractivity contribution in [2.45, 2.75) is 32.4 Å². The van der Waals surface area contributed by atoms with E-state index in [2.05, 4.69) is 11.2 Å². The van der Waals surface area contributed by atoms with Crippen LogP contribution in [0.25, 0.3) is 0 Å². The zero-order valence-electron chi connectivity index (χ0n) is 12.8. The van der Waals surface area contributed by atoms with Crippen molar-refractivity contribution in [2.24, 2.45) is 0 Å². The number of terminal acetylenes is 1. The molecule has 0 aliphatic carbocycles. The van der Waals surface area contributed by atoms with Gasteiger partial charge in [0.2, 0.25) is 0 Å². The molecule has 1 atom stereocenters. The van der Waals surface area contributed by atoms with E-state index in [4.69, 9.17) is 15.9 Å². The summed E-state index contributed by atoms with van der Waals surface area (Å²) >= 11 is 0. The van der Waals surface area contributed by atoms with Gasteiger partial charge in [-0.25, -0.2) is 0 Å². The summed E-state index contributed by atoms with van der Waals surface area (Å²) in [5.41, 5.74) is -0.591. The maximum atomic E-state index is 12.1. The third kappa shape index (κ3) is 4.69. The third-order valence-electron chi connectivity index (χ3n) is 3.14. The van der Waals surface area contributed by atoms with E-state index in [-0.39, 0.29) is 12.5 Å². The van der Waals surface area contributed by atoms with Crippen LogP contribution in [-0.2, 0) is 0 Å². The summed E-state index contributed by atoms with van der Waals surface area (Å²) < 4.78 is 10.5. The molecule has 1 aromatic carbocycles. The normalized spacial score (nSPS) is 12.2. The molecule has 0 saturated heterocycles. The number of hydrogen-bond donors (Lipinski definition) is 2. The third-order valence-corrected chi connectivity index (χ3v) is 3.14. The van der Waals surface area contributed by atoms with E-state index in [0.29, 0.717) is 17.1 Å². The number of carbonyl (C=O) groups excluding carboxylic acids is 1. The molecule has 5 heteroatoms. The molecule has 2 N–H and O–H groups in total. The lowest BCUT2D eigenvalue weighted by molar-refractivity contribution is 0.0409. The van der Waals surface area contributed by atoms with Gasteiger partial charge in [0.15, 0.2) is 11.5 Å². The summed E-state index contributed by atoms with van der Waals surface area (Å²) in [5.74, 6) is 2.96. The van der Waals surface area contributed by atoms with E-state index >= 15 is 0 Å². The predicted molar refractivity (Wildman–Crippen MR) is 80.5 cm³/mol. The van der Waals surface area contributed by atoms with E-state index in [1.165, 1.54) is 7.11 Å². The first-order valence-electron chi connectivity index (χ1n) is 6.57. The fraction of sp³-hybridized carbons (Fsp3) is 0.438. The molecule has 1 amide bonds. The second-order valence-corrected chi connectivity index (χ2v) is 5.21. The number of amides is 1. The zero-order valence-corrected chi connectivity index (χ0v) is 12.8. The Balaban J connectivity index is 2.89. The summed E-state index contributed by atoms with van der Waals surface area (Å²) in [6.07, 6.45) is 5.14. The van der Waals surface area contributed by atoms with Crippen molar-refractivity contribution in [1.82, 2.24) is 5.32 Å². The summed E-state index contributed by atoms with van der Waals surface area (Å²) in [4.78, 5) is 12.1. The molecule has 0 heterocycles. The summed E-state index contributed by atoms with van der Waals surface area (Å²) in [6, 6.07) is 4.41. The van der Waals surface area contributed by atoms with Gasteiger partial charge in [-0.1, -0.05) is 5.92 Å². The minimum Gasteiger partial charge on any atom is -0.493 e. The molecule has 5 nitrogen and oxygen atoms in total. The van der Waals surface area contributed by atoms with Crippen molar-refractivity contribution in [3.63, 3.8) is 0 Å². The first kappa shape index (κ1) is 16.9. The van der Waals surface area contributed by atoms with Gasteiger partial charge in [0.25, 0.3) is 5.91 Å². The topological polar surface area (TPSA) is 67.8 Å². The van der Waals surface area contributed by atoms with Gasteiger partial charge >= 0.3 is 0 Å². The summed E-state index contributed by atoms with van der Waals surface area (Å²) in [5, 5.41) is 12.6. The van der Waals surface area contributed by atoms with Crippen LogP contribution in [0.4, 0.5) is 0 Å². The zero-order chi connectivity index (χ0) is 16.0. The highest BCUT2D eigenvalue weighted by Gasteiger charge is 2.24. The largest absolute Gasteiger partial charge is 0.493 e. The molecule has 0 spiro atoms. The lowest BCUT2D eigenvalue weighted by Gasteiger charge is -2.26. The van der Waals surface area contributed by atoms with Gasteiger partial charge in [-0.2, -0.15) is 0 Å². The number of benzene rings is 1. The Kier molecular flexibility index (Phi) is 5.62. The fourth-order valence-electron chi connectivity index (χ4n) is 1.50. The molecular formula is C16H21NO4. The van der Waals surface area contributed by atoms with Crippen LogP contribution < -0.4 is 14.8 Å². The number of ether oxygens (including phenoxy) is 2. The Bertz CT molecular complexity index is 540. The molecule has 0 aliphatic rings. The molecule has 1 rings (SSSR count). The summed E-state index contributed by atoms with van der Waals surface area (Å²) in [6.45, 7) is 5.13. The van der Waals surface area contributed by atoms with Gasteiger partial charge in [-0.15, -0.1) is 6.42 Å². The van der Waals surface area contributed by atoms with Crippen LogP contribution in [0.3, 0.4) is 0 Å².